The first-order chi connectivity index (χ1) is 10.4. The van der Waals surface area contributed by atoms with Crippen molar-refractivity contribution in [2.75, 3.05) is 6.61 Å². The van der Waals surface area contributed by atoms with Crippen LogP contribution in [0.3, 0.4) is 0 Å². The standard InChI is InChI=1S/C16H13N3O2/c1-3-13(9-15-11(1)6-8-20-15)21-16-4-2-12(10-17-16)14-5-7-18-19-14/h1-5,7,9-10H,6,8H2,(H,18,19). The van der Waals surface area contributed by atoms with E-state index in [2.05, 4.69) is 15.2 Å². The Morgan fingerprint density at radius 3 is 2.95 bits per heavy atom. The molecule has 0 bridgehead atoms. The molecule has 1 aliphatic heterocycles. The lowest BCUT2D eigenvalue weighted by Gasteiger charge is -2.07. The van der Waals surface area contributed by atoms with Crippen molar-refractivity contribution in [3.8, 4) is 28.6 Å². The van der Waals surface area contributed by atoms with Crippen LogP contribution >= 0.6 is 0 Å². The number of ether oxygens (including phenoxy) is 2. The summed E-state index contributed by atoms with van der Waals surface area (Å²) in [6, 6.07) is 11.6. The van der Waals surface area contributed by atoms with Crippen molar-refractivity contribution in [2.45, 2.75) is 6.42 Å². The quantitative estimate of drug-likeness (QED) is 0.799. The van der Waals surface area contributed by atoms with Gasteiger partial charge in [0.2, 0.25) is 5.88 Å². The molecule has 0 unspecified atom stereocenters. The SMILES string of the molecule is c1cc(-c2ccc(Oc3ccc4c(c3)OCC4)nc2)[nH]n1. The van der Waals surface area contributed by atoms with E-state index >= 15 is 0 Å². The van der Waals surface area contributed by atoms with Crippen molar-refractivity contribution >= 4 is 0 Å². The van der Waals surface area contributed by atoms with E-state index in [0.717, 1.165) is 35.8 Å². The van der Waals surface area contributed by atoms with Crippen LogP contribution in [0.15, 0.2) is 48.8 Å². The second-order valence-corrected chi connectivity index (χ2v) is 4.83. The summed E-state index contributed by atoms with van der Waals surface area (Å²) < 4.78 is 11.3. The smallest absolute Gasteiger partial charge is 0.219 e. The van der Waals surface area contributed by atoms with Gasteiger partial charge in [-0.1, -0.05) is 6.07 Å². The van der Waals surface area contributed by atoms with Gasteiger partial charge in [0, 0.05) is 36.5 Å². The fourth-order valence-corrected chi connectivity index (χ4v) is 2.35. The molecule has 5 heteroatoms. The molecule has 1 N–H and O–H groups in total. The molecular weight excluding hydrogens is 266 g/mol. The van der Waals surface area contributed by atoms with Crippen LogP contribution in [0.4, 0.5) is 0 Å². The van der Waals surface area contributed by atoms with E-state index in [4.69, 9.17) is 9.47 Å². The van der Waals surface area contributed by atoms with Crippen LogP contribution in [0, 0.1) is 0 Å². The van der Waals surface area contributed by atoms with Crippen LogP contribution in [-0.2, 0) is 6.42 Å². The van der Waals surface area contributed by atoms with Crippen molar-refractivity contribution in [1.29, 1.82) is 0 Å². The molecule has 0 atom stereocenters. The molecule has 3 heterocycles. The molecule has 3 aromatic rings. The molecule has 0 aliphatic carbocycles. The van der Waals surface area contributed by atoms with Crippen LogP contribution < -0.4 is 9.47 Å². The highest BCUT2D eigenvalue weighted by Gasteiger charge is 2.13. The van der Waals surface area contributed by atoms with Crippen molar-refractivity contribution < 1.29 is 9.47 Å². The number of H-pyrrole nitrogens is 1. The third-order valence-corrected chi connectivity index (χ3v) is 3.44. The first-order valence-corrected chi connectivity index (χ1v) is 6.78. The summed E-state index contributed by atoms with van der Waals surface area (Å²) in [5.41, 5.74) is 3.13. The predicted octanol–water partition coefficient (Wildman–Crippen LogP) is 3.20. The van der Waals surface area contributed by atoms with Crippen LogP contribution in [0.2, 0.25) is 0 Å². The van der Waals surface area contributed by atoms with Gasteiger partial charge < -0.3 is 9.47 Å². The molecule has 0 spiro atoms. The Hall–Kier alpha value is -2.82. The molecule has 2 aromatic heterocycles. The van der Waals surface area contributed by atoms with Crippen LogP contribution in [0.5, 0.6) is 17.4 Å². The molecule has 5 nitrogen and oxygen atoms in total. The fourth-order valence-electron chi connectivity index (χ4n) is 2.35. The number of nitrogens with one attached hydrogen (secondary N) is 1. The van der Waals surface area contributed by atoms with Gasteiger partial charge in [-0.3, -0.25) is 5.10 Å². The molecule has 0 fully saturated rings. The minimum absolute atomic E-state index is 0.552. The summed E-state index contributed by atoms with van der Waals surface area (Å²) >= 11 is 0. The van der Waals surface area contributed by atoms with Crippen molar-refractivity contribution in [2.24, 2.45) is 0 Å². The summed E-state index contributed by atoms with van der Waals surface area (Å²) in [7, 11) is 0. The maximum Gasteiger partial charge on any atom is 0.219 e. The summed E-state index contributed by atoms with van der Waals surface area (Å²) in [6.07, 6.45) is 4.43. The van der Waals surface area contributed by atoms with E-state index < -0.39 is 0 Å². The lowest BCUT2D eigenvalue weighted by Crippen LogP contribution is -1.89. The molecule has 4 rings (SSSR count). The van der Waals surface area contributed by atoms with Crippen LogP contribution in [0.25, 0.3) is 11.3 Å². The van der Waals surface area contributed by atoms with Gasteiger partial charge >= 0.3 is 0 Å². The van der Waals surface area contributed by atoms with Gasteiger partial charge in [-0.25, -0.2) is 4.98 Å². The Bertz CT molecular complexity index is 752. The summed E-state index contributed by atoms with van der Waals surface area (Å²) in [5.74, 6) is 2.19. The summed E-state index contributed by atoms with van der Waals surface area (Å²) in [4.78, 5) is 4.31. The number of rotatable bonds is 3. The molecule has 0 saturated carbocycles. The number of aromatic nitrogens is 3. The lowest BCUT2D eigenvalue weighted by molar-refractivity contribution is 0.354. The number of nitrogens with zero attached hydrogens (tertiary/aromatic N) is 2. The Morgan fingerprint density at radius 1 is 1.14 bits per heavy atom. The Labute approximate surface area is 121 Å². The molecule has 0 radical (unpaired) electrons. The predicted molar refractivity (Wildman–Crippen MR) is 77.5 cm³/mol. The summed E-state index contributed by atoms with van der Waals surface area (Å²) in [6.45, 7) is 0.746. The molecular formula is C16H13N3O2. The van der Waals surface area contributed by atoms with E-state index in [1.807, 2.05) is 36.4 Å². The van der Waals surface area contributed by atoms with Crippen molar-refractivity contribution in [3.05, 3.63) is 54.4 Å². The van der Waals surface area contributed by atoms with Gasteiger partial charge in [0.25, 0.3) is 0 Å². The second-order valence-electron chi connectivity index (χ2n) is 4.83. The van der Waals surface area contributed by atoms with E-state index in [9.17, 15) is 0 Å². The first-order valence-electron chi connectivity index (χ1n) is 6.78. The number of hydrogen-bond donors (Lipinski definition) is 1. The van der Waals surface area contributed by atoms with Gasteiger partial charge in [0.1, 0.15) is 11.5 Å². The highest BCUT2D eigenvalue weighted by Crippen LogP contribution is 2.31. The molecule has 0 saturated heterocycles. The Kier molecular flexibility index (Phi) is 2.81. The van der Waals surface area contributed by atoms with Gasteiger partial charge in [-0.2, -0.15) is 5.10 Å². The van der Waals surface area contributed by atoms with E-state index in [-0.39, 0.29) is 0 Å². The van der Waals surface area contributed by atoms with Crippen molar-refractivity contribution in [1.82, 2.24) is 15.2 Å². The minimum atomic E-state index is 0.552. The van der Waals surface area contributed by atoms with E-state index in [1.54, 1.807) is 12.4 Å². The average molecular weight is 279 g/mol. The number of aromatic amines is 1. The molecule has 1 aromatic carbocycles. The first kappa shape index (κ1) is 12.0. The zero-order valence-electron chi connectivity index (χ0n) is 11.2. The minimum Gasteiger partial charge on any atom is -0.493 e. The average Bonchev–Trinajstić information content (AvgIpc) is 3.19. The molecule has 21 heavy (non-hydrogen) atoms. The highest BCUT2D eigenvalue weighted by molar-refractivity contribution is 5.57. The number of pyridine rings is 1. The molecule has 1 aliphatic rings. The van der Waals surface area contributed by atoms with Gasteiger partial charge in [-0.15, -0.1) is 0 Å². The Morgan fingerprint density at radius 2 is 2.14 bits per heavy atom. The normalized spacial score (nSPS) is 12.8. The third kappa shape index (κ3) is 2.33. The monoisotopic (exact) mass is 279 g/mol. The number of benzene rings is 1. The maximum absolute atomic E-state index is 5.76. The van der Waals surface area contributed by atoms with Crippen molar-refractivity contribution in [3.63, 3.8) is 0 Å². The molecule has 0 amide bonds. The number of fused-ring (bicyclic) bond motifs is 1. The topological polar surface area (TPSA) is 60.0 Å². The largest absolute Gasteiger partial charge is 0.493 e. The van der Waals surface area contributed by atoms with Crippen LogP contribution in [0.1, 0.15) is 5.56 Å². The van der Waals surface area contributed by atoms with Crippen LogP contribution in [-0.4, -0.2) is 21.8 Å². The Balaban J connectivity index is 1.55. The van der Waals surface area contributed by atoms with Gasteiger partial charge in [0.05, 0.1) is 12.3 Å². The zero-order chi connectivity index (χ0) is 14.1. The molecule has 104 valence electrons. The van der Waals surface area contributed by atoms with Gasteiger partial charge in [0.15, 0.2) is 0 Å². The summed E-state index contributed by atoms with van der Waals surface area (Å²) in [5, 5.41) is 6.83. The van der Waals surface area contributed by atoms with E-state index in [0.29, 0.717) is 5.88 Å². The third-order valence-electron chi connectivity index (χ3n) is 3.44. The maximum atomic E-state index is 5.76. The van der Waals surface area contributed by atoms with Gasteiger partial charge in [-0.05, 0) is 23.8 Å². The number of hydrogen-bond acceptors (Lipinski definition) is 4. The second kappa shape index (κ2) is 4.94. The zero-order valence-corrected chi connectivity index (χ0v) is 11.2. The lowest BCUT2D eigenvalue weighted by atomic mass is 10.2. The highest BCUT2D eigenvalue weighted by atomic mass is 16.5. The fraction of sp³-hybridized carbons (Fsp3) is 0.125. The van der Waals surface area contributed by atoms with E-state index in [1.165, 1.54) is 5.56 Å².